The minimum atomic E-state index is -0.278. The molecule has 10 atom stereocenters. The second-order valence-corrected chi connectivity index (χ2v) is 19.1. The van der Waals surface area contributed by atoms with Crippen LogP contribution in [0.1, 0.15) is 142 Å². The van der Waals surface area contributed by atoms with E-state index in [4.69, 9.17) is 27.7 Å². The van der Waals surface area contributed by atoms with Gasteiger partial charge in [0.1, 0.15) is 6.10 Å². The van der Waals surface area contributed by atoms with E-state index in [-0.39, 0.29) is 36.2 Å². The van der Waals surface area contributed by atoms with Crippen molar-refractivity contribution in [2.45, 2.75) is 138 Å². The molecule has 1 saturated heterocycles. The highest BCUT2D eigenvalue weighted by Crippen LogP contribution is 2.68. The summed E-state index contributed by atoms with van der Waals surface area (Å²) in [6.07, 6.45) is 16.8. The fraction of sp³-hybridized carbons (Fsp3) is 0.674. The van der Waals surface area contributed by atoms with Crippen molar-refractivity contribution >= 4 is 46.2 Å². The van der Waals surface area contributed by atoms with Crippen molar-refractivity contribution < 1.29 is 19.1 Å². The van der Waals surface area contributed by atoms with E-state index in [0.717, 1.165) is 48.3 Å². The minimum absolute atomic E-state index is 0.0104. The quantitative estimate of drug-likeness (QED) is 0.111. The molecule has 5 fully saturated rings. The zero-order chi connectivity index (χ0) is 39.8. The molecule has 7 rings (SSSR count). The van der Waals surface area contributed by atoms with Gasteiger partial charge < -0.3 is 27.7 Å². The van der Waals surface area contributed by atoms with Crippen molar-refractivity contribution in [1.29, 1.82) is 0 Å². The van der Waals surface area contributed by atoms with Gasteiger partial charge in [0, 0.05) is 35.1 Å². The first-order chi connectivity index (χ1) is 26.0. The molecule has 2 aromatic rings. The van der Waals surface area contributed by atoms with Crippen molar-refractivity contribution in [1.82, 2.24) is 0 Å². The van der Waals surface area contributed by atoms with Gasteiger partial charge in [0.05, 0.1) is 11.3 Å². The second kappa shape index (κ2) is 16.4. The van der Waals surface area contributed by atoms with Crippen LogP contribution in [0.3, 0.4) is 0 Å². The molecule has 4 saturated carbocycles. The van der Waals surface area contributed by atoms with Gasteiger partial charge in [-0.3, -0.25) is 14.5 Å². The van der Waals surface area contributed by atoms with Gasteiger partial charge in [-0.05, 0) is 153 Å². The van der Waals surface area contributed by atoms with E-state index in [1.807, 2.05) is 6.92 Å². The largest absolute Gasteiger partial charge is 0.459 e. The van der Waals surface area contributed by atoms with E-state index in [0.29, 0.717) is 57.2 Å². The molecule has 2 amide bonds. The number of amides is 2. The molecule has 5 aliphatic rings. The number of carbonyl (C=O) groups excluding carboxylic acids is 3. The van der Waals surface area contributed by atoms with E-state index >= 15 is 0 Å². The molecule has 9 nitrogen and oxygen atoms in total. The van der Waals surface area contributed by atoms with Gasteiger partial charge in [-0.25, -0.2) is 4.79 Å². The van der Waals surface area contributed by atoms with Gasteiger partial charge in [-0.1, -0.05) is 60.8 Å². The molecular weight excluding hydrogens is 687 g/mol. The third kappa shape index (κ3) is 8.37. The molecular formula is C46H69N5O4. The molecule has 0 radical (unpaired) electrons. The van der Waals surface area contributed by atoms with E-state index < -0.39 is 0 Å². The maximum Gasteiger partial charge on any atom is 0.338 e. The normalized spacial score (nSPS) is 33.3. The molecule has 8 N–H and O–H groups in total. The van der Waals surface area contributed by atoms with Crippen molar-refractivity contribution in [3.8, 4) is 0 Å². The summed E-state index contributed by atoms with van der Waals surface area (Å²) in [5.74, 6) is 5.10. The molecule has 0 aromatic heterocycles. The first-order valence-corrected chi connectivity index (χ1v) is 21.4. The lowest BCUT2D eigenvalue weighted by molar-refractivity contribution is -0.130. The highest BCUT2D eigenvalue weighted by atomic mass is 16.5. The van der Waals surface area contributed by atoms with Crippen LogP contribution in [0, 0.1) is 58.2 Å². The Morgan fingerprint density at radius 1 is 0.800 bits per heavy atom. The average molecular weight is 756 g/mol. The lowest BCUT2D eigenvalue weighted by Gasteiger charge is -2.61. The van der Waals surface area contributed by atoms with E-state index in [1.54, 1.807) is 36.4 Å². The summed E-state index contributed by atoms with van der Waals surface area (Å²) >= 11 is 0. The van der Waals surface area contributed by atoms with Gasteiger partial charge in [0.15, 0.2) is 0 Å². The van der Waals surface area contributed by atoms with E-state index in [1.165, 1.54) is 69.1 Å². The lowest BCUT2D eigenvalue weighted by atomic mass is 9.44. The number of anilines is 5. The van der Waals surface area contributed by atoms with Crippen molar-refractivity contribution in [3.63, 3.8) is 0 Å². The average Bonchev–Trinajstić information content (AvgIpc) is 3.62. The zero-order valence-corrected chi connectivity index (χ0v) is 34.4. The monoisotopic (exact) mass is 756 g/mol. The number of benzene rings is 2. The highest BCUT2D eigenvalue weighted by Gasteiger charge is 2.60. The van der Waals surface area contributed by atoms with Crippen LogP contribution < -0.4 is 27.8 Å². The topological polar surface area (TPSA) is 168 Å². The fourth-order valence-corrected chi connectivity index (χ4v) is 12.4. The number of nitrogens with two attached hydrogens (primary N) is 4. The van der Waals surface area contributed by atoms with Crippen molar-refractivity contribution in [2.24, 2.45) is 58.2 Å². The molecule has 1 aliphatic heterocycles. The third-order valence-electron chi connectivity index (χ3n) is 15.3. The van der Waals surface area contributed by atoms with Gasteiger partial charge in [0.25, 0.3) is 0 Å². The number of hydrogen-bond acceptors (Lipinski definition) is 8. The Bertz CT molecular complexity index is 1690. The van der Waals surface area contributed by atoms with E-state index in [9.17, 15) is 14.4 Å². The fourth-order valence-electron chi connectivity index (χ4n) is 12.4. The molecule has 1 heterocycles. The van der Waals surface area contributed by atoms with Gasteiger partial charge in [-0.15, -0.1) is 0 Å². The Kier molecular flexibility index (Phi) is 12.2. The number of nitrogen functional groups attached to an aromatic ring is 4. The molecule has 4 aliphatic carbocycles. The minimum Gasteiger partial charge on any atom is -0.459 e. The molecule has 10 unspecified atom stereocenters. The van der Waals surface area contributed by atoms with Crippen LogP contribution in [0.25, 0.3) is 0 Å². The summed E-state index contributed by atoms with van der Waals surface area (Å²) in [5.41, 5.74) is 26.9. The predicted octanol–water partition coefficient (Wildman–Crippen LogP) is 9.64. The Balaban J connectivity index is 0.000000252. The predicted molar refractivity (Wildman–Crippen MR) is 224 cm³/mol. The first kappa shape index (κ1) is 40.9. The number of hydrogen-bond donors (Lipinski definition) is 4. The summed E-state index contributed by atoms with van der Waals surface area (Å²) < 4.78 is 6.04. The summed E-state index contributed by atoms with van der Waals surface area (Å²) in [5, 5.41) is 0. The number of nitrogens with zero attached hydrogens (tertiary/aromatic N) is 1. The molecule has 302 valence electrons. The standard InChI is InChI=1S/C34H54N2O2.C12H15N3O2/c1-21(2)7-6-8-22(3)29-11-12-30-28-10-9-24-19-27(38-32(37)23-17-25(35)20-26(36)18-23)13-15-33(24,4)31(28)14-16-34(29,30)5;1-2-7-3-11(16)15(12(7)17)10-5-8(13)4-9(14)6-10/h17-18,20-22,24,27-31H,6-16,19,35-36H2,1-5H3;4-7H,2-3,13-14H2,1H3. The first-order valence-electron chi connectivity index (χ1n) is 21.4. The van der Waals surface area contributed by atoms with Crippen molar-refractivity contribution in [2.75, 3.05) is 27.8 Å². The number of imide groups is 1. The number of ether oxygens (including phenoxy) is 1. The summed E-state index contributed by atoms with van der Waals surface area (Å²) in [6, 6.07) is 9.79. The molecule has 55 heavy (non-hydrogen) atoms. The van der Waals surface area contributed by atoms with Crippen molar-refractivity contribution in [3.05, 3.63) is 42.0 Å². The second-order valence-electron chi connectivity index (χ2n) is 19.1. The Hall–Kier alpha value is -3.75. The van der Waals surface area contributed by atoms with Crippen LogP contribution in [0.4, 0.5) is 28.4 Å². The number of rotatable bonds is 9. The zero-order valence-electron chi connectivity index (χ0n) is 34.4. The smallest absolute Gasteiger partial charge is 0.338 e. The Morgan fingerprint density at radius 2 is 1.42 bits per heavy atom. The summed E-state index contributed by atoms with van der Waals surface area (Å²) in [6.45, 7) is 14.5. The molecule has 0 spiro atoms. The maximum absolute atomic E-state index is 12.9. The molecule has 0 bridgehead atoms. The lowest BCUT2D eigenvalue weighted by Crippen LogP contribution is -2.54. The van der Waals surface area contributed by atoms with Crippen LogP contribution in [-0.4, -0.2) is 23.9 Å². The number of fused-ring (bicyclic) bond motifs is 5. The molecule has 9 heteroatoms. The summed E-state index contributed by atoms with van der Waals surface area (Å²) in [7, 11) is 0. The van der Waals surface area contributed by atoms with Gasteiger partial charge in [0.2, 0.25) is 11.8 Å². The number of carbonyl (C=O) groups is 3. The number of esters is 1. The van der Waals surface area contributed by atoms with Gasteiger partial charge in [-0.2, -0.15) is 0 Å². The van der Waals surface area contributed by atoms with Crippen LogP contribution in [-0.2, 0) is 14.3 Å². The SMILES string of the molecule is CC(C)CCCC(C)C1CCC2C3CCC4CC(OC(=O)c5cc(N)cc(N)c5)CCC4(C)C3CCC12C.CCC1CC(=O)N(c2cc(N)cc(N)c2)C1=O. The van der Waals surface area contributed by atoms with Gasteiger partial charge >= 0.3 is 5.97 Å². The van der Waals surface area contributed by atoms with Crippen LogP contribution in [0.15, 0.2) is 36.4 Å². The van der Waals surface area contributed by atoms with Crippen LogP contribution in [0.2, 0.25) is 0 Å². The highest BCUT2D eigenvalue weighted by molar-refractivity contribution is 6.21. The van der Waals surface area contributed by atoms with E-state index in [2.05, 4.69) is 34.6 Å². The van der Waals surface area contributed by atoms with Crippen LogP contribution in [0.5, 0.6) is 0 Å². The van der Waals surface area contributed by atoms with Crippen LogP contribution >= 0.6 is 0 Å². The Morgan fingerprint density at radius 3 is 2.04 bits per heavy atom. The summed E-state index contributed by atoms with van der Waals surface area (Å²) in [4.78, 5) is 37.9. The Labute approximate surface area is 330 Å². The third-order valence-corrected chi connectivity index (χ3v) is 15.3. The maximum atomic E-state index is 12.9. The molecule has 2 aromatic carbocycles.